The molecule has 1 aromatic carbocycles. The van der Waals surface area contributed by atoms with Crippen LogP contribution in [0.4, 0.5) is 0 Å². The van der Waals surface area contributed by atoms with Crippen molar-refractivity contribution in [3.05, 3.63) is 29.8 Å². The number of amides is 1. The fourth-order valence-electron chi connectivity index (χ4n) is 2.22. The summed E-state index contributed by atoms with van der Waals surface area (Å²) in [5, 5.41) is 8.88. The van der Waals surface area contributed by atoms with Crippen molar-refractivity contribution in [1.82, 2.24) is 4.90 Å². The SMILES string of the molecule is CC(=O)c1ccc(OCCCC(=O)N(CC(=O)O)CC(C)C)cc1. The van der Waals surface area contributed by atoms with Gasteiger partial charge in [-0.15, -0.1) is 0 Å². The maximum absolute atomic E-state index is 12.1. The van der Waals surface area contributed by atoms with E-state index < -0.39 is 5.97 Å². The number of benzene rings is 1. The van der Waals surface area contributed by atoms with Crippen molar-refractivity contribution in [2.45, 2.75) is 33.6 Å². The predicted octanol–water partition coefficient (Wildman–Crippen LogP) is 2.62. The fraction of sp³-hybridized carbons (Fsp3) is 0.500. The molecule has 0 aromatic heterocycles. The van der Waals surface area contributed by atoms with Gasteiger partial charge >= 0.3 is 5.97 Å². The van der Waals surface area contributed by atoms with Crippen LogP contribution < -0.4 is 4.74 Å². The fourth-order valence-corrected chi connectivity index (χ4v) is 2.22. The Labute approximate surface area is 142 Å². The predicted molar refractivity (Wildman–Crippen MR) is 90.2 cm³/mol. The molecule has 0 aliphatic rings. The molecule has 0 atom stereocenters. The summed E-state index contributed by atoms with van der Waals surface area (Å²) in [4.78, 5) is 35.5. The van der Waals surface area contributed by atoms with Gasteiger partial charge in [-0.1, -0.05) is 13.8 Å². The Hall–Kier alpha value is -2.37. The lowest BCUT2D eigenvalue weighted by atomic mass is 10.1. The number of carbonyl (C=O) groups excluding carboxylic acids is 2. The zero-order chi connectivity index (χ0) is 18.1. The van der Waals surface area contributed by atoms with Gasteiger partial charge in [-0.2, -0.15) is 0 Å². The molecule has 0 spiro atoms. The third-order valence-electron chi connectivity index (χ3n) is 3.33. The second-order valence-corrected chi connectivity index (χ2v) is 6.09. The van der Waals surface area contributed by atoms with Crippen molar-refractivity contribution < 1.29 is 24.2 Å². The molecule has 0 unspecified atom stereocenters. The number of rotatable bonds is 10. The molecule has 0 aliphatic heterocycles. The average Bonchev–Trinajstić information content (AvgIpc) is 2.50. The molecule has 6 nitrogen and oxygen atoms in total. The normalized spacial score (nSPS) is 10.5. The molecule has 1 N–H and O–H groups in total. The molecule has 1 aromatic rings. The van der Waals surface area contributed by atoms with Gasteiger partial charge < -0.3 is 14.7 Å². The monoisotopic (exact) mass is 335 g/mol. The summed E-state index contributed by atoms with van der Waals surface area (Å²) < 4.78 is 5.53. The quantitative estimate of drug-likeness (QED) is 0.525. The molecule has 0 fully saturated rings. The van der Waals surface area contributed by atoms with Gasteiger partial charge in [-0.3, -0.25) is 14.4 Å². The molecular weight excluding hydrogens is 310 g/mol. The number of nitrogens with zero attached hydrogens (tertiary/aromatic N) is 1. The van der Waals surface area contributed by atoms with Crippen LogP contribution in [0.5, 0.6) is 5.75 Å². The van der Waals surface area contributed by atoms with E-state index >= 15 is 0 Å². The summed E-state index contributed by atoms with van der Waals surface area (Å²) in [5.74, 6) is -0.343. The number of carbonyl (C=O) groups is 3. The van der Waals surface area contributed by atoms with Crippen LogP contribution in [0.2, 0.25) is 0 Å². The van der Waals surface area contributed by atoms with Crippen molar-refractivity contribution >= 4 is 17.7 Å². The standard InChI is InChI=1S/C18H25NO5/c1-13(2)11-19(12-18(22)23)17(21)5-4-10-24-16-8-6-15(7-9-16)14(3)20/h6-9,13H,4-5,10-12H2,1-3H3,(H,22,23). The third-order valence-corrected chi connectivity index (χ3v) is 3.33. The molecule has 1 amide bonds. The van der Waals surface area contributed by atoms with Crippen LogP contribution in [0.25, 0.3) is 0 Å². The summed E-state index contributed by atoms with van der Waals surface area (Å²) in [6, 6.07) is 6.82. The Balaban J connectivity index is 2.40. The van der Waals surface area contributed by atoms with E-state index in [0.29, 0.717) is 30.9 Å². The van der Waals surface area contributed by atoms with Gasteiger partial charge in [0.1, 0.15) is 12.3 Å². The molecule has 0 saturated heterocycles. The summed E-state index contributed by atoms with van der Waals surface area (Å²) in [6.07, 6.45) is 0.743. The lowest BCUT2D eigenvalue weighted by Crippen LogP contribution is -2.38. The van der Waals surface area contributed by atoms with Gasteiger partial charge in [0.15, 0.2) is 5.78 Å². The largest absolute Gasteiger partial charge is 0.494 e. The van der Waals surface area contributed by atoms with E-state index in [2.05, 4.69) is 0 Å². The number of aliphatic carboxylic acids is 1. The molecule has 0 bridgehead atoms. The van der Waals surface area contributed by atoms with Gasteiger partial charge in [-0.05, 0) is 43.5 Å². The van der Waals surface area contributed by atoms with E-state index in [-0.39, 0.29) is 30.6 Å². The highest BCUT2D eigenvalue weighted by Crippen LogP contribution is 2.13. The van der Waals surface area contributed by atoms with Crippen LogP contribution in [0.1, 0.15) is 44.0 Å². The number of hydrogen-bond donors (Lipinski definition) is 1. The first-order valence-electron chi connectivity index (χ1n) is 8.03. The highest BCUT2D eigenvalue weighted by Gasteiger charge is 2.17. The minimum absolute atomic E-state index is 0.00387. The van der Waals surface area contributed by atoms with Crippen LogP contribution in [0.3, 0.4) is 0 Å². The molecular formula is C18H25NO5. The summed E-state index contributed by atoms with van der Waals surface area (Å²) >= 11 is 0. The Bertz CT molecular complexity index is 565. The number of ketones is 1. The maximum Gasteiger partial charge on any atom is 0.323 e. The van der Waals surface area contributed by atoms with E-state index in [4.69, 9.17) is 9.84 Å². The average molecular weight is 335 g/mol. The smallest absolute Gasteiger partial charge is 0.323 e. The lowest BCUT2D eigenvalue weighted by Gasteiger charge is -2.22. The van der Waals surface area contributed by atoms with Crippen molar-refractivity contribution in [2.75, 3.05) is 19.7 Å². The van der Waals surface area contributed by atoms with E-state index in [1.54, 1.807) is 24.3 Å². The van der Waals surface area contributed by atoms with Crippen LogP contribution in [0, 0.1) is 5.92 Å². The van der Waals surface area contributed by atoms with Crippen molar-refractivity contribution in [2.24, 2.45) is 5.92 Å². The highest BCUT2D eigenvalue weighted by atomic mass is 16.5. The Morgan fingerprint density at radius 2 is 1.79 bits per heavy atom. The number of ether oxygens (including phenoxy) is 1. The summed E-state index contributed by atoms with van der Waals surface area (Å²) in [6.45, 7) is 5.89. The minimum atomic E-state index is -1.01. The van der Waals surface area contributed by atoms with Gasteiger partial charge in [0, 0.05) is 18.5 Å². The molecule has 6 heteroatoms. The summed E-state index contributed by atoms with van der Waals surface area (Å²) in [7, 11) is 0. The maximum atomic E-state index is 12.1. The lowest BCUT2D eigenvalue weighted by molar-refractivity contribution is -0.144. The second-order valence-electron chi connectivity index (χ2n) is 6.09. The van der Waals surface area contributed by atoms with Crippen LogP contribution in [-0.2, 0) is 9.59 Å². The molecule has 0 saturated carbocycles. The molecule has 132 valence electrons. The van der Waals surface area contributed by atoms with E-state index in [0.717, 1.165) is 0 Å². The first-order chi connectivity index (χ1) is 11.3. The van der Waals surface area contributed by atoms with Crippen LogP contribution in [-0.4, -0.2) is 47.4 Å². The zero-order valence-electron chi connectivity index (χ0n) is 14.4. The van der Waals surface area contributed by atoms with Crippen LogP contribution in [0.15, 0.2) is 24.3 Å². The number of carboxylic acids is 1. The molecule has 0 heterocycles. The Morgan fingerprint density at radius 3 is 2.29 bits per heavy atom. The van der Waals surface area contributed by atoms with Gasteiger partial charge in [-0.25, -0.2) is 0 Å². The highest BCUT2D eigenvalue weighted by molar-refractivity contribution is 5.94. The first-order valence-corrected chi connectivity index (χ1v) is 8.03. The molecule has 0 aliphatic carbocycles. The molecule has 0 radical (unpaired) electrons. The zero-order valence-corrected chi connectivity index (χ0v) is 14.4. The Kier molecular flexibility index (Phi) is 7.95. The number of Topliss-reactive ketones (excluding diaryl/α,β-unsaturated/α-hetero) is 1. The Morgan fingerprint density at radius 1 is 1.17 bits per heavy atom. The number of hydrogen-bond acceptors (Lipinski definition) is 4. The van der Waals surface area contributed by atoms with Crippen LogP contribution >= 0.6 is 0 Å². The second kappa shape index (κ2) is 9.70. The number of carboxylic acid groups (broad SMARTS) is 1. The van der Waals surface area contributed by atoms with Crippen molar-refractivity contribution in [1.29, 1.82) is 0 Å². The first kappa shape index (κ1) is 19.7. The van der Waals surface area contributed by atoms with E-state index in [9.17, 15) is 14.4 Å². The van der Waals surface area contributed by atoms with Crippen molar-refractivity contribution in [3.8, 4) is 5.75 Å². The molecule has 1 rings (SSSR count). The topological polar surface area (TPSA) is 83.9 Å². The van der Waals surface area contributed by atoms with Gasteiger partial charge in [0.05, 0.1) is 6.61 Å². The van der Waals surface area contributed by atoms with Gasteiger partial charge in [0.2, 0.25) is 5.91 Å². The van der Waals surface area contributed by atoms with Crippen molar-refractivity contribution in [3.63, 3.8) is 0 Å². The minimum Gasteiger partial charge on any atom is -0.494 e. The third kappa shape index (κ3) is 7.26. The van der Waals surface area contributed by atoms with E-state index in [1.165, 1.54) is 11.8 Å². The van der Waals surface area contributed by atoms with Gasteiger partial charge in [0.25, 0.3) is 0 Å². The van der Waals surface area contributed by atoms with E-state index in [1.807, 2.05) is 13.8 Å². The summed E-state index contributed by atoms with van der Waals surface area (Å²) in [5.41, 5.74) is 0.621. The molecule has 24 heavy (non-hydrogen) atoms.